The molecular weight excluding hydrogens is 282 g/mol. The van der Waals surface area contributed by atoms with Gasteiger partial charge in [-0.25, -0.2) is 0 Å². The molecule has 0 aliphatic rings. The Morgan fingerprint density at radius 1 is 1.33 bits per heavy atom. The number of nitrogens with zero attached hydrogens (tertiary/aromatic N) is 3. The average Bonchev–Trinajstić information content (AvgIpc) is 2.81. The summed E-state index contributed by atoms with van der Waals surface area (Å²) in [4.78, 5) is 12.4. The van der Waals surface area contributed by atoms with Gasteiger partial charge in [-0.3, -0.25) is 4.79 Å². The molecule has 0 radical (unpaired) electrons. The summed E-state index contributed by atoms with van der Waals surface area (Å²) in [6.45, 7) is 10.2. The largest absolute Gasteiger partial charge is 0.302 e. The van der Waals surface area contributed by atoms with Crippen LogP contribution in [0.1, 0.15) is 28.7 Å². The molecule has 0 aliphatic heterocycles. The van der Waals surface area contributed by atoms with Crippen molar-refractivity contribution in [3.05, 3.63) is 53.9 Å². The highest BCUT2D eigenvalue weighted by atomic mass is 32.2. The number of benzene rings is 1. The molecular formula is C16H19N3OS. The minimum Gasteiger partial charge on any atom is -0.302 e. The summed E-state index contributed by atoms with van der Waals surface area (Å²) in [7, 11) is 0. The van der Waals surface area contributed by atoms with Gasteiger partial charge in [0.2, 0.25) is 0 Å². The molecule has 1 unspecified atom stereocenters. The van der Waals surface area contributed by atoms with Crippen LogP contribution in [0.2, 0.25) is 0 Å². The fourth-order valence-corrected chi connectivity index (χ4v) is 2.93. The number of allylic oxidation sites excluding steroid dienone is 1. The van der Waals surface area contributed by atoms with Crippen molar-refractivity contribution in [2.45, 2.75) is 37.7 Å². The molecule has 0 aliphatic carbocycles. The zero-order chi connectivity index (χ0) is 15.4. The van der Waals surface area contributed by atoms with Gasteiger partial charge in [0.1, 0.15) is 5.82 Å². The summed E-state index contributed by atoms with van der Waals surface area (Å²) in [5, 5.41) is 8.75. The molecule has 110 valence electrons. The van der Waals surface area contributed by atoms with E-state index in [-0.39, 0.29) is 11.0 Å². The lowest BCUT2D eigenvalue weighted by Crippen LogP contribution is -2.14. The molecule has 4 nitrogen and oxygen atoms in total. The zero-order valence-electron chi connectivity index (χ0n) is 12.5. The molecule has 5 heteroatoms. The Morgan fingerprint density at radius 3 is 2.62 bits per heavy atom. The number of Topliss-reactive ketones (excluding diaryl/α,β-unsaturated/α-hetero) is 1. The third kappa shape index (κ3) is 3.61. The first-order chi connectivity index (χ1) is 10.0. The molecule has 1 aromatic heterocycles. The molecule has 0 bridgehead atoms. The monoisotopic (exact) mass is 301 g/mol. The third-order valence-corrected chi connectivity index (χ3v) is 4.28. The molecule has 0 N–H and O–H groups in total. The van der Waals surface area contributed by atoms with E-state index in [2.05, 4.69) is 16.8 Å². The lowest BCUT2D eigenvalue weighted by molar-refractivity contribution is 0.0994. The average molecular weight is 301 g/mol. The maximum Gasteiger partial charge on any atom is 0.192 e. The van der Waals surface area contributed by atoms with Crippen LogP contribution in [0, 0.1) is 13.8 Å². The molecule has 2 aromatic rings. The van der Waals surface area contributed by atoms with Crippen LogP contribution in [0.25, 0.3) is 0 Å². The van der Waals surface area contributed by atoms with Crippen molar-refractivity contribution in [3.63, 3.8) is 0 Å². The number of carbonyl (C=O) groups excluding carboxylic acids is 1. The van der Waals surface area contributed by atoms with Crippen molar-refractivity contribution in [1.29, 1.82) is 0 Å². The predicted octanol–water partition coefficient (Wildman–Crippen LogP) is 3.44. The maximum absolute atomic E-state index is 12.4. The highest BCUT2D eigenvalue weighted by Gasteiger charge is 2.20. The minimum atomic E-state index is -0.208. The summed E-state index contributed by atoms with van der Waals surface area (Å²) in [6.07, 6.45) is 1.80. The third-order valence-electron chi connectivity index (χ3n) is 3.20. The fraction of sp³-hybridized carbons (Fsp3) is 0.312. The molecule has 0 saturated carbocycles. The van der Waals surface area contributed by atoms with Crippen molar-refractivity contribution in [3.8, 4) is 0 Å². The Hall–Kier alpha value is -1.88. The van der Waals surface area contributed by atoms with Gasteiger partial charge in [-0.15, -0.1) is 16.8 Å². The normalized spacial score (nSPS) is 12.1. The summed E-state index contributed by atoms with van der Waals surface area (Å²) in [5.74, 6) is 0.929. The van der Waals surface area contributed by atoms with Gasteiger partial charge in [0.15, 0.2) is 10.9 Å². The van der Waals surface area contributed by atoms with Crippen LogP contribution in [0.3, 0.4) is 0 Å². The first-order valence-electron chi connectivity index (χ1n) is 6.81. The number of aryl methyl sites for hydroxylation is 2. The molecule has 0 spiro atoms. The number of hydrogen-bond donors (Lipinski definition) is 0. The Morgan fingerprint density at radius 2 is 2.00 bits per heavy atom. The topological polar surface area (TPSA) is 47.8 Å². The number of aromatic nitrogens is 3. The Balaban J connectivity index is 2.14. The molecule has 0 fully saturated rings. The Bertz CT molecular complexity index is 646. The van der Waals surface area contributed by atoms with Crippen LogP contribution in [0.4, 0.5) is 0 Å². The molecule has 0 saturated heterocycles. The highest BCUT2D eigenvalue weighted by Crippen LogP contribution is 2.25. The fourth-order valence-electron chi connectivity index (χ4n) is 1.95. The smallest absolute Gasteiger partial charge is 0.192 e. The van der Waals surface area contributed by atoms with Gasteiger partial charge < -0.3 is 4.57 Å². The van der Waals surface area contributed by atoms with Crippen molar-refractivity contribution < 1.29 is 4.79 Å². The van der Waals surface area contributed by atoms with E-state index in [0.29, 0.717) is 6.54 Å². The number of thioether (sulfide) groups is 1. The van der Waals surface area contributed by atoms with Crippen LogP contribution in [-0.2, 0) is 6.54 Å². The van der Waals surface area contributed by atoms with Crippen molar-refractivity contribution in [2.24, 2.45) is 0 Å². The number of hydrogen-bond acceptors (Lipinski definition) is 4. The maximum atomic E-state index is 12.4. The van der Waals surface area contributed by atoms with E-state index >= 15 is 0 Å². The van der Waals surface area contributed by atoms with Crippen LogP contribution >= 0.6 is 11.8 Å². The van der Waals surface area contributed by atoms with Crippen molar-refractivity contribution in [2.75, 3.05) is 0 Å². The molecule has 1 atom stereocenters. The quantitative estimate of drug-likeness (QED) is 0.466. The van der Waals surface area contributed by atoms with E-state index in [0.717, 1.165) is 22.1 Å². The predicted molar refractivity (Wildman–Crippen MR) is 85.8 cm³/mol. The van der Waals surface area contributed by atoms with E-state index < -0.39 is 0 Å². The molecule has 0 amide bonds. The van der Waals surface area contributed by atoms with Crippen LogP contribution in [0.15, 0.2) is 42.1 Å². The van der Waals surface area contributed by atoms with E-state index in [4.69, 9.17) is 0 Å². The van der Waals surface area contributed by atoms with Gasteiger partial charge in [0, 0.05) is 12.1 Å². The second kappa shape index (κ2) is 6.72. The van der Waals surface area contributed by atoms with Gasteiger partial charge in [-0.1, -0.05) is 47.7 Å². The SMILES string of the molecule is C=CCn1c(C)nnc1SC(C)C(=O)c1ccc(C)cc1. The Labute approximate surface area is 129 Å². The second-order valence-corrected chi connectivity index (χ2v) is 6.23. The number of carbonyl (C=O) groups is 1. The van der Waals surface area contributed by atoms with Gasteiger partial charge in [0.25, 0.3) is 0 Å². The van der Waals surface area contributed by atoms with E-state index in [1.165, 1.54) is 11.8 Å². The summed E-state index contributed by atoms with van der Waals surface area (Å²) in [6, 6.07) is 7.65. The number of rotatable bonds is 6. The molecule has 1 aromatic carbocycles. The van der Waals surface area contributed by atoms with Crippen LogP contribution in [0.5, 0.6) is 0 Å². The van der Waals surface area contributed by atoms with Gasteiger partial charge in [-0.05, 0) is 20.8 Å². The van der Waals surface area contributed by atoms with Gasteiger partial charge in [0.05, 0.1) is 5.25 Å². The first-order valence-corrected chi connectivity index (χ1v) is 7.69. The van der Waals surface area contributed by atoms with E-state index in [1.807, 2.05) is 49.6 Å². The van der Waals surface area contributed by atoms with E-state index in [9.17, 15) is 4.79 Å². The van der Waals surface area contributed by atoms with Crippen LogP contribution in [-0.4, -0.2) is 25.8 Å². The van der Waals surface area contributed by atoms with Crippen molar-refractivity contribution >= 4 is 17.5 Å². The van der Waals surface area contributed by atoms with E-state index in [1.54, 1.807) is 6.08 Å². The van der Waals surface area contributed by atoms with Gasteiger partial charge >= 0.3 is 0 Å². The zero-order valence-corrected chi connectivity index (χ0v) is 13.4. The standard InChI is InChI=1S/C16H19N3OS/c1-5-10-19-13(4)17-18-16(19)21-12(3)15(20)14-8-6-11(2)7-9-14/h5-9,12H,1,10H2,2-4H3. The minimum absolute atomic E-state index is 0.103. The summed E-state index contributed by atoms with van der Waals surface area (Å²) < 4.78 is 1.95. The lowest BCUT2D eigenvalue weighted by Gasteiger charge is -2.11. The molecule has 21 heavy (non-hydrogen) atoms. The van der Waals surface area contributed by atoms with Gasteiger partial charge in [-0.2, -0.15) is 0 Å². The Kier molecular flexibility index (Phi) is 4.96. The van der Waals surface area contributed by atoms with Crippen molar-refractivity contribution in [1.82, 2.24) is 14.8 Å². The lowest BCUT2D eigenvalue weighted by atomic mass is 10.1. The second-order valence-electron chi connectivity index (χ2n) is 4.92. The highest BCUT2D eigenvalue weighted by molar-refractivity contribution is 8.00. The number of ketones is 1. The first kappa shape index (κ1) is 15.5. The summed E-state index contributed by atoms with van der Waals surface area (Å²) in [5.41, 5.74) is 1.88. The molecule has 2 rings (SSSR count). The summed E-state index contributed by atoms with van der Waals surface area (Å²) >= 11 is 1.43. The molecule has 1 heterocycles. The van der Waals surface area contributed by atoms with Crippen LogP contribution < -0.4 is 0 Å².